The van der Waals surface area contributed by atoms with Crippen molar-refractivity contribution in [2.45, 2.75) is 20.5 Å². The molecule has 0 heterocycles. The van der Waals surface area contributed by atoms with Crippen LogP contribution in [0.2, 0.25) is 0 Å². The highest BCUT2D eigenvalue weighted by Gasteiger charge is 1.94. The molecular weight excluding hydrogens is 304 g/mol. The van der Waals surface area contributed by atoms with Gasteiger partial charge in [-0.05, 0) is 5.56 Å². The Morgan fingerprint density at radius 3 is 1.61 bits per heavy atom. The van der Waals surface area contributed by atoms with Gasteiger partial charge in [0.2, 0.25) is 0 Å². The minimum absolute atomic E-state index is 0.122. The second-order valence-corrected chi connectivity index (χ2v) is 4.04. The third-order valence-corrected chi connectivity index (χ3v) is 2.01. The molecule has 0 radical (unpaired) electrons. The highest BCUT2D eigenvalue weighted by molar-refractivity contribution is 5.66. The van der Waals surface area contributed by atoms with Crippen LogP contribution in [0.1, 0.15) is 19.4 Å². The summed E-state index contributed by atoms with van der Waals surface area (Å²) in [5, 5.41) is 16.5. The lowest BCUT2D eigenvalue weighted by Gasteiger charge is -2.00. The first kappa shape index (κ1) is 23.3. The lowest BCUT2D eigenvalue weighted by atomic mass is 10.2. The minimum atomic E-state index is -0.368. The second-order valence-electron chi connectivity index (χ2n) is 4.04. The molecule has 7 nitrogen and oxygen atoms in total. The molecule has 0 amide bonds. The number of carbonyl (C=O) groups excluding carboxylic acids is 2. The minimum Gasteiger partial charge on any atom is -0.462 e. The van der Waals surface area contributed by atoms with Crippen LogP contribution in [0, 0.1) is 0 Å². The first-order chi connectivity index (χ1) is 11.0. The topological polar surface area (TPSA) is 102 Å². The normalized spacial score (nSPS) is 8.74. The van der Waals surface area contributed by atoms with Gasteiger partial charge in [0.25, 0.3) is 0 Å². The summed E-state index contributed by atoms with van der Waals surface area (Å²) in [5.41, 5.74) is 0.965. The Bertz CT molecular complexity index is 375. The molecule has 1 rings (SSSR count). The van der Waals surface area contributed by atoms with Gasteiger partial charge in [-0.2, -0.15) is 0 Å². The number of ether oxygens (including phenoxy) is 3. The Kier molecular flexibility index (Phi) is 18.3. The number of hydrogen-bond acceptors (Lipinski definition) is 7. The van der Waals surface area contributed by atoms with Gasteiger partial charge in [0.15, 0.2) is 0 Å². The summed E-state index contributed by atoms with van der Waals surface area (Å²) in [7, 11) is 1.55. The summed E-state index contributed by atoms with van der Waals surface area (Å²) in [4.78, 5) is 20.3. The van der Waals surface area contributed by atoms with Crippen molar-refractivity contribution in [3.05, 3.63) is 35.9 Å². The molecule has 0 aromatic heterocycles. The number of aliphatic hydroxyl groups is 2. The van der Waals surface area contributed by atoms with Crippen molar-refractivity contribution in [3.8, 4) is 0 Å². The largest absolute Gasteiger partial charge is 0.462 e. The van der Waals surface area contributed by atoms with E-state index in [1.807, 2.05) is 30.3 Å². The highest BCUT2D eigenvalue weighted by Crippen LogP contribution is 1.95. The zero-order valence-corrected chi connectivity index (χ0v) is 13.9. The molecule has 0 aliphatic heterocycles. The molecule has 0 aliphatic rings. The van der Waals surface area contributed by atoms with Crippen LogP contribution in [0.25, 0.3) is 0 Å². The Labute approximate surface area is 136 Å². The van der Waals surface area contributed by atoms with E-state index in [1.165, 1.54) is 13.8 Å². The van der Waals surface area contributed by atoms with E-state index in [1.54, 1.807) is 7.11 Å². The maximum absolute atomic E-state index is 10.1. The van der Waals surface area contributed by atoms with E-state index in [9.17, 15) is 9.59 Å². The molecule has 0 spiro atoms. The fraction of sp³-hybridized carbons (Fsp3) is 0.500. The van der Waals surface area contributed by atoms with Crippen molar-refractivity contribution in [2.24, 2.45) is 0 Å². The van der Waals surface area contributed by atoms with Gasteiger partial charge in [-0.15, -0.1) is 0 Å². The van der Waals surface area contributed by atoms with E-state index >= 15 is 0 Å². The predicted octanol–water partition coefficient (Wildman–Crippen LogP) is 0.917. The quantitative estimate of drug-likeness (QED) is 0.590. The fourth-order valence-electron chi connectivity index (χ4n) is 1.05. The van der Waals surface area contributed by atoms with E-state index in [-0.39, 0.29) is 38.4 Å². The van der Waals surface area contributed by atoms with Crippen LogP contribution in [0.4, 0.5) is 0 Å². The highest BCUT2D eigenvalue weighted by atomic mass is 16.6. The maximum atomic E-state index is 10.1. The Morgan fingerprint density at radius 2 is 1.39 bits per heavy atom. The molecule has 0 unspecified atom stereocenters. The SMILES string of the molecule is CC(=O)OCCOC(C)=O.COCCO.OCc1ccccc1. The number of hydrogen-bond donors (Lipinski definition) is 2. The van der Waals surface area contributed by atoms with Gasteiger partial charge < -0.3 is 24.4 Å². The number of aliphatic hydroxyl groups excluding tert-OH is 2. The van der Waals surface area contributed by atoms with Crippen molar-refractivity contribution >= 4 is 11.9 Å². The second kappa shape index (κ2) is 18.1. The molecule has 0 atom stereocenters. The van der Waals surface area contributed by atoms with Gasteiger partial charge in [-0.3, -0.25) is 9.59 Å². The van der Waals surface area contributed by atoms with Gasteiger partial charge in [-0.25, -0.2) is 0 Å². The van der Waals surface area contributed by atoms with Crippen molar-refractivity contribution < 1.29 is 34.0 Å². The molecule has 0 fully saturated rings. The molecule has 1 aromatic carbocycles. The molecule has 132 valence electrons. The van der Waals surface area contributed by atoms with Crippen molar-refractivity contribution in [1.82, 2.24) is 0 Å². The maximum Gasteiger partial charge on any atom is 0.302 e. The van der Waals surface area contributed by atoms with E-state index in [0.717, 1.165) is 5.56 Å². The zero-order valence-electron chi connectivity index (χ0n) is 13.9. The average molecular weight is 330 g/mol. The summed E-state index contributed by atoms with van der Waals surface area (Å²) in [6.45, 7) is 3.57. The van der Waals surface area contributed by atoms with Crippen LogP contribution in [0.5, 0.6) is 0 Å². The van der Waals surface area contributed by atoms with E-state index in [0.29, 0.717) is 6.61 Å². The van der Waals surface area contributed by atoms with Gasteiger partial charge in [-0.1, -0.05) is 30.3 Å². The van der Waals surface area contributed by atoms with Crippen LogP contribution in [0.15, 0.2) is 30.3 Å². The molecule has 7 heteroatoms. The fourth-order valence-corrected chi connectivity index (χ4v) is 1.05. The predicted molar refractivity (Wildman–Crippen MR) is 84.6 cm³/mol. The van der Waals surface area contributed by atoms with E-state index < -0.39 is 0 Å². The first-order valence-corrected chi connectivity index (χ1v) is 6.99. The molecular formula is C16H26O7. The Hall–Kier alpha value is -1.96. The number of methoxy groups -OCH3 is 1. The summed E-state index contributed by atoms with van der Waals surface area (Å²) in [5.74, 6) is -0.737. The molecule has 0 aliphatic carbocycles. The number of benzene rings is 1. The van der Waals surface area contributed by atoms with Crippen molar-refractivity contribution in [1.29, 1.82) is 0 Å². The zero-order chi connectivity index (χ0) is 17.9. The molecule has 0 bridgehead atoms. The van der Waals surface area contributed by atoms with Gasteiger partial charge in [0.05, 0.1) is 19.8 Å². The van der Waals surface area contributed by atoms with E-state index in [2.05, 4.69) is 14.2 Å². The summed E-state index contributed by atoms with van der Waals surface area (Å²) >= 11 is 0. The van der Waals surface area contributed by atoms with Gasteiger partial charge >= 0.3 is 11.9 Å². The average Bonchev–Trinajstić information content (AvgIpc) is 2.54. The summed E-state index contributed by atoms with van der Waals surface area (Å²) in [6.07, 6.45) is 0. The van der Waals surface area contributed by atoms with Crippen LogP contribution >= 0.6 is 0 Å². The molecule has 23 heavy (non-hydrogen) atoms. The van der Waals surface area contributed by atoms with Crippen LogP contribution in [-0.4, -0.2) is 55.7 Å². The van der Waals surface area contributed by atoms with Gasteiger partial charge in [0, 0.05) is 21.0 Å². The third-order valence-electron chi connectivity index (χ3n) is 2.01. The molecule has 1 aromatic rings. The molecule has 2 N–H and O–H groups in total. The lowest BCUT2D eigenvalue weighted by molar-refractivity contribution is -0.149. The van der Waals surface area contributed by atoms with Gasteiger partial charge in [0.1, 0.15) is 13.2 Å². The molecule has 0 saturated heterocycles. The summed E-state index contributed by atoms with van der Waals surface area (Å²) < 4.78 is 13.4. The third kappa shape index (κ3) is 22.5. The number of rotatable bonds is 6. The van der Waals surface area contributed by atoms with Crippen LogP contribution < -0.4 is 0 Å². The first-order valence-electron chi connectivity index (χ1n) is 6.99. The smallest absolute Gasteiger partial charge is 0.302 e. The monoisotopic (exact) mass is 330 g/mol. The lowest BCUT2D eigenvalue weighted by Crippen LogP contribution is -2.09. The number of esters is 2. The molecule has 0 saturated carbocycles. The Morgan fingerprint density at radius 1 is 0.913 bits per heavy atom. The van der Waals surface area contributed by atoms with Crippen molar-refractivity contribution in [2.75, 3.05) is 33.5 Å². The Balaban J connectivity index is 0. The summed E-state index contributed by atoms with van der Waals surface area (Å²) in [6, 6.07) is 9.52. The van der Waals surface area contributed by atoms with Crippen molar-refractivity contribution in [3.63, 3.8) is 0 Å². The van der Waals surface area contributed by atoms with Crippen LogP contribution in [-0.2, 0) is 30.4 Å². The standard InChI is InChI=1S/C7H8O.C6H10O4.C3H8O2/c8-6-7-4-2-1-3-5-7;1-5(7)9-3-4-10-6(2)8;1-5-3-2-4/h1-5,8H,6H2;3-4H2,1-2H3;4H,2-3H2,1H3. The van der Waals surface area contributed by atoms with E-state index in [4.69, 9.17) is 10.2 Å². The number of carbonyl (C=O) groups is 2. The van der Waals surface area contributed by atoms with Crippen LogP contribution in [0.3, 0.4) is 0 Å².